The first-order valence-corrected chi connectivity index (χ1v) is 9.06. The number of nitrogens with one attached hydrogen (secondary N) is 1. The van der Waals surface area contributed by atoms with Crippen LogP contribution in [0.4, 0.5) is 4.39 Å². The predicted molar refractivity (Wildman–Crippen MR) is 101 cm³/mol. The second-order valence-corrected chi connectivity index (χ2v) is 6.63. The average Bonchev–Trinajstić information content (AvgIpc) is 2.72. The number of fused-ring (bicyclic) bond motifs is 1. The number of benzene rings is 1. The molecule has 0 bridgehead atoms. The van der Waals surface area contributed by atoms with Crippen LogP contribution >= 0.6 is 0 Å². The van der Waals surface area contributed by atoms with Crippen LogP contribution in [0.25, 0.3) is 11.4 Å². The van der Waals surface area contributed by atoms with Crippen molar-refractivity contribution in [2.24, 2.45) is 0 Å². The molecule has 0 spiro atoms. The second-order valence-electron chi connectivity index (χ2n) is 6.63. The molecular weight excluding hydrogens is 343 g/mol. The minimum atomic E-state index is -0.342. The highest BCUT2D eigenvalue weighted by Gasteiger charge is 2.22. The molecule has 0 saturated carbocycles. The topological polar surface area (TPSA) is 59.9 Å². The summed E-state index contributed by atoms with van der Waals surface area (Å²) in [6.45, 7) is 0.579. The first-order valence-electron chi connectivity index (χ1n) is 9.06. The van der Waals surface area contributed by atoms with Gasteiger partial charge in [0, 0.05) is 48.0 Å². The molecule has 5 nitrogen and oxygen atoms in total. The molecule has 0 amide bonds. The average molecular weight is 364 g/mol. The standard InChI is InChI=1S/C21H21FN4O/c1-27-20-8-7-14(10-17(20)22)11-24-18-5-2-6-19-16(18)13-25-21(26-19)15-4-3-9-23-12-15/h3-4,7-10,12-13,18,24H,2,5-6,11H2,1H3/t18-/m1/s1. The summed E-state index contributed by atoms with van der Waals surface area (Å²) in [6.07, 6.45) is 8.45. The Bertz CT molecular complexity index is 933. The van der Waals surface area contributed by atoms with Crippen molar-refractivity contribution in [1.29, 1.82) is 0 Å². The number of nitrogens with zero attached hydrogens (tertiary/aromatic N) is 3. The van der Waals surface area contributed by atoms with Gasteiger partial charge in [-0.2, -0.15) is 0 Å². The van der Waals surface area contributed by atoms with Crippen LogP contribution in [-0.4, -0.2) is 22.1 Å². The molecule has 6 heteroatoms. The molecule has 3 aromatic rings. The van der Waals surface area contributed by atoms with E-state index in [2.05, 4.69) is 15.3 Å². The van der Waals surface area contributed by atoms with Gasteiger partial charge in [0.2, 0.25) is 0 Å². The Labute approximate surface area is 157 Å². The van der Waals surface area contributed by atoms with Crippen molar-refractivity contribution in [3.8, 4) is 17.1 Å². The molecule has 1 atom stereocenters. The molecule has 0 fully saturated rings. The number of pyridine rings is 1. The molecule has 2 heterocycles. The number of ether oxygens (including phenoxy) is 1. The monoisotopic (exact) mass is 364 g/mol. The predicted octanol–water partition coefficient (Wildman–Crippen LogP) is 3.85. The van der Waals surface area contributed by atoms with Crippen LogP contribution in [0.3, 0.4) is 0 Å². The maximum atomic E-state index is 13.9. The largest absolute Gasteiger partial charge is 0.494 e. The van der Waals surface area contributed by atoms with Gasteiger partial charge in [-0.1, -0.05) is 6.07 Å². The van der Waals surface area contributed by atoms with E-state index < -0.39 is 0 Å². The number of halogens is 1. The lowest BCUT2D eigenvalue weighted by Gasteiger charge is -2.26. The molecule has 0 unspecified atom stereocenters. The van der Waals surface area contributed by atoms with E-state index in [1.54, 1.807) is 18.5 Å². The summed E-state index contributed by atoms with van der Waals surface area (Å²) in [5.74, 6) is 0.628. The fourth-order valence-electron chi connectivity index (χ4n) is 3.45. The van der Waals surface area contributed by atoms with Crippen molar-refractivity contribution < 1.29 is 9.13 Å². The van der Waals surface area contributed by atoms with Crippen LogP contribution < -0.4 is 10.1 Å². The van der Waals surface area contributed by atoms with E-state index >= 15 is 0 Å². The van der Waals surface area contributed by atoms with Gasteiger partial charge in [0.1, 0.15) is 0 Å². The lowest BCUT2D eigenvalue weighted by atomic mass is 9.92. The summed E-state index contributed by atoms with van der Waals surface area (Å²) in [6, 6.07) is 9.06. The molecule has 0 aliphatic heterocycles. The van der Waals surface area contributed by atoms with Gasteiger partial charge in [-0.3, -0.25) is 4.98 Å². The molecule has 4 rings (SSSR count). The van der Waals surface area contributed by atoms with E-state index in [0.717, 1.165) is 41.6 Å². The van der Waals surface area contributed by atoms with Gasteiger partial charge in [-0.15, -0.1) is 0 Å². The van der Waals surface area contributed by atoms with Crippen molar-refractivity contribution in [3.63, 3.8) is 0 Å². The van der Waals surface area contributed by atoms with Crippen molar-refractivity contribution >= 4 is 0 Å². The highest BCUT2D eigenvalue weighted by atomic mass is 19.1. The number of aryl methyl sites for hydroxylation is 1. The lowest BCUT2D eigenvalue weighted by Crippen LogP contribution is -2.26. The summed E-state index contributed by atoms with van der Waals surface area (Å²) in [5.41, 5.74) is 4.01. The van der Waals surface area contributed by atoms with Crippen molar-refractivity contribution in [3.05, 3.63) is 71.6 Å². The van der Waals surface area contributed by atoms with E-state index in [4.69, 9.17) is 9.72 Å². The fraction of sp³-hybridized carbons (Fsp3) is 0.286. The molecule has 2 aromatic heterocycles. The first kappa shape index (κ1) is 17.5. The molecule has 1 aromatic carbocycles. The van der Waals surface area contributed by atoms with Gasteiger partial charge in [-0.25, -0.2) is 14.4 Å². The zero-order valence-corrected chi connectivity index (χ0v) is 15.2. The normalized spacial score (nSPS) is 16.0. The highest BCUT2D eigenvalue weighted by Crippen LogP contribution is 2.30. The maximum Gasteiger partial charge on any atom is 0.165 e. The smallest absolute Gasteiger partial charge is 0.165 e. The molecule has 138 valence electrons. The third kappa shape index (κ3) is 3.80. The highest BCUT2D eigenvalue weighted by molar-refractivity contribution is 5.53. The Morgan fingerprint density at radius 1 is 1.26 bits per heavy atom. The summed E-state index contributed by atoms with van der Waals surface area (Å²) >= 11 is 0. The fourth-order valence-corrected chi connectivity index (χ4v) is 3.45. The number of rotatable bonds is 5. The quantitative estimate of drug-likeness (QED) is 0.745. The minimum absolute atomic E-state index is 0.168. The Morgan fingerprint density at radius 3 is 2.96 bits per heavy atom. The van der Waals surface area contributed by atoms with Gasteiger partial charge < -0.3 is 10.1 Å². The number of hydrogen-bond acceptors (Lipinski definition) is 5. The van der Waals surface area contributed by atoms with E-state index in [1.165, 1.54) is 13.2 Å². The van der Waals surface area contributed by atoms with E-state index in [9.17, 15) is 4.39 Å². The maximum absolute atomic E-state index is 13.9. The molecule has 1 aliphatic carbocycles. The third-order valence-corrected chi connectivity index (χ3v) is 4.87. The summed E-state index contributed by atoms with van der Waals surface area (Å²) in [7, 11) is 1.47. The van der Waals surface area contributed by atoms with Crippen molar-refractivity contribution in [2.75, 3.05) is 7.11 Å². The molecule has 1 N–H and O–H groups in total. The van der Waals surface area contributed by atoms with Crippen LogP contribution in [0.2, 0.25) is 0 Å². The van der Waals surface area contributed by atoms with Crippen LogP contribution in [0.1, 0.15) is 35.7 Å². The van der Waals surface area contributed by atoms with Crippen LogP contribution in [-0.2, 0) is 13.0 Å². The summed E-state index contributed by atoms with van der Waals surface area (Å²) < 4.78 is 18.9. The van der Waals surface area contributed by atoms with Crippen molar-refractivity contribution in [2.45, 2.75) is 31.8 Å². The zero-order valence-electron chi connectivity index (χ0n) is 15.2. The Morgan fingerprint density at radius 2 is 2.19 bits per heavy atom. The van der Waals surface area contributed by atoms with Crippen LogP contribution in [0.5, 0.6) is 5.75 Å². The van der Waals surface area contributed by atoms with Gasteiger partial charge in [0.05, 0.1) is 7.11 Å². The first-order chi connectivity index (χ1) is 13.2. The number of aromatic nitrogens is 3. The molecular formula is C21H21FN4O. The van der Waals surface area contributed by atoms with E-state index in [-0.39, 0.29) is 17.6 Å². The van der Waals surface area contributed by atoms with Gasteiger partial charge >= 0.3 is 0 Å². The van der Waals surface area contributed by atoms with Crippen molar-refractivity contribution in [1.82, 2.24) is 20.3 Å². The van der Waals surface area contributed by atoms with Crippen LogP contribution in [0, 0.1) is 5.82 Å². The van der Waals surface area contributed by atoms with E-state index in [0.29, 0.717) is 12.4 Å². The minimum Gasteiger partial charge on any atom is -0.494 e. The van der Waals surface area contributed by atoms with E-state index in [1.807, 2.05) is 24.4 Å². The van der Waals surface area contributed by atoms with Crippen LogP contribution in [0.15, 0.2) is 48.9 Å². The Balaban J connectivity index is 1.51. The second kappa shape index (κ2) is 7.80. The molecule has 0 radical (unpaired) electrons. The Hall–Kier alpha value is -2.86. The molecule has 0 saturated heterocycles. The SMILES string of the molecule is COc1ccc(CN[C@@H]2CCCc3nc(-c4cccnc4)ncc32)cc1F. The molecule has 1 aliphatic rings. The number of hydrogen-bond donors (Lipinski definition) is 1. The number of methoxy groups -OCH3 is 1. The summed E-state index contributed by atoms with van der Waals surface area (Å²) in [5, 5.41) is 3.52. The van der Waals surface area contributed by atoms with Gasteiger partial charge in [0.25, 0.3) is 0 Å². The third-order valence-electron chi connectivity index (χ3n) is 4.87. The Kier molecular flexibility index (Phi) is 5.07. The zero-order chi connectivity index (χ0) is 18.6. The molecule has 27 heavy (non-hydrogen) atoms. The van der Waals surface area contributed by atoms with Gasteiger partial charge in [0.15, 0.2) is 17.4 Å². The summed E-state index contributed by atoms with van der Waals surface area (Å²) in [4.78, 5) is 13.4. The lowest BCUT2D eigenvalue weighted by molar-refractivity contribution is 0.385. The van der Waals surface area contributed by atoms with Gasteiger partial charge in [-0.05, 0) is 49.1 Å².